The summed E-state index contributed by atoms with van der Waals surface area (Å²) in [5, 5.41) is 2.62. The number of nitrogens with two attached hydrogens (primary N) is 1. The van der Waals surface area contributed by atoms with Crippen LogP contribution in [0.15, 0.2) is 0 Å². The number of hydrazine groups is 1. The number of thiocarbonyl (C=S) groups is 1. The van der Waals surface area contributed by atoms with Crippen LogP contribution in [0.2, 0.25) is 0 Å². The van der Waals surface area contributed by atoms with Crippen LogP contribution < -0.4 is 16.6 Å². The molecule has 1 aliphatic rings. The summed E-state index contributed by atoms with van der Waals surface area (Å²) in [5.74, 6) is 4.87. The number of rotatable bonds is 1. The fourth-order valence-corrected chi connectivity index (χ4v) is 2.50. The van der Waals surface area contributed by atoms with Gasteiger partial charge in [-0.15, -0.1) is 0 Å². The standard InChI is InChI=1S/C6H9Br2N3OS/c1-5(2-6(5,7)8)3(12)10-4(13)11-9/h2,9H2,1H3,(H2,10,11,12,13)/t5-/m1/s1. The normalized spacial score (nSPS) is 29.2. The summed E-state index contributed by atoms with van der Waals surface area (Å²) in [7, 11) is 0. The largest absolute Gasteiger partial charge is 0.302 e. The highest BCUT2D eigenvalue weighted by Gasteiger charge is 2.66. The number of nitrogens with one attached hydrogen (secondary N) is 2. The minimum Gasteiger partial charge on any atom is -0.302 e. The second-order valence-corrected chi connectivity index (χ2v) is 7.32. The van der Waals surface area contributed by atoms with Crippen molar-refractivity contribution in [3.05, 3.63) is 0 Å². The first-order chi connectivity index (χ1) is 5.83. The molecule has 1 atom stereocenters. The summed E-state index contributed by atoms with van der Waals surface area (Å²) in [6.45, 7) is 1.84. The molecule has 0 aromatic heterocycles. The van der Waals surface area contributed by atoms with Crippen molar-refractivity contribution >= 4 is 55.1 Å². The lowest BCUT2D eigenvalue weighted by Crippen LogP contribution is -2.45. The summed E-state index contributed by atoms with van der Waals surface area (Å²) in [6.07, 6.45) is 0.721. The first-order valence-corrected chi connectivity index (χ1v) is 5.53. The number of halogens is 2. The molecule has 1 amide bonds. The van der Waals surface area contributed by atoms with Crippen molar-refractivity contribution in [2.24, 2.45) is 11.3 Å². The van der Waals surface area contributed by atoms with Gasteiger partial charge in [0.2, 0.25) is 5.91 Å². The number of carbonyl (C=O) groups excluding carboxylic acids is 1. The van der Waals surface area contributed by atoms with Gasteiger partial charge in [0.15, 0.2) is 5.11 Å². The highest BCUT2D eigenvalue weighted by molar-refractivity contribution is 9.25. The Labute approximate surface area is 98.2 Å². The van der Waals surface area contributed by atoms with Crippen LogP contribution in [-0.2, 0) is 4.79 Å². The molecule has 4 nitrogen and oxygen atoms in total. The van der Waals surface area contributed by atoms with Gasteiger partial charge in [-0.05, 0) is 25.6 Å². The number of hydrogen-bond donors (Lipinski definition) is 3. The summed E-state index contributed by atoms with van der Waals surface area (Å²) < 4.78 is -0.304. The third-order valence-corrected chi connectivity index (χ3v) is 4.65. The predicted octanol–water partition coefficient (Wildman–Crippen LogP) is 0.747. The molecule has 0 unspecified atom stereocenters. The maximum absolute atomic E-state index is 11.6. The average molecular weight is 331 g/mol. The van der Waals surface area contributed by atoms with Gasteiger partial charge in [0, 0.05) is 0 Å². The second-order valence-electron chi connectivity index (χ2n) is 3.14. The Morgan fingerprint density at radius 1 is 1.62 bits per heavy atom. The predicted molar refractivity (Wildman–Crippen MR) is 61.4 cm³/mol. The van der Waals surface area contributed by atoms with Crippen LogP contribution in [0.25, 0.3) is 0 Å². The molecule has 1 fully saturated rings. The minimum atomic E-state index is -0.464. The topological polar surface area (TPSA) is 67.2 Å². The summed E-state index contributed by atoms with van der Waals surface area (Å²) in [6, 6.07) is 0. The number of amides is 1. The van der Waals surface area contributed by atoms with E-state index < -0.39 is 5.41 Å². The monoisotopic (exact) mass is 329 g/mol. The minimum absolute atomic E-state index is 0.133. The van der Waals surface area contributed by atoms with Crippen molar-refractivity contribution in [1.29, 1.82) is 0 Å². The molecule has 0 aromatic carbocycles. The van der Waals surface area contributed by atoms with Crippen molar-refractivity contribution in [2.75, 3.05) is 0 Å². The van der Waals surface area contributed by atoms with Crippen molar-refractivity contribution in [3.8, 4) is 0 Å². The maximum atomic E-state index is 11.6. The van der Waals surface area contributed by atoms with E-state index in [4.69, 9.17) is 18.1 Å². The van der Waals surface area contributed by atoms with E-state index in [1.807, 2.05) is 6.92 Å². The zero-order valence-electron chi connectivity index (χ0n) is 6.86. The molecule has 1 saturated carbocycles. The molecule has 0 saturated heterocycles. The molecule has 13 heavy (non-hydrogen) atoms. The van der Waals surface area contributed by atoms with Gasteiger partial charge in [-0.2, -0.15) is 0 Å². The molecule has 4 N–H and O–H groups in total. The molecule has 1 aliphatic carbocycles. The molecule has 0 bridgehead atoms. The number of carbonyl (C=O) groups is 1. The summed E-state index contributed by atoms with van der Waals surface area (Å²) in [5.41, 5.74) is 1.73. The van der Waals surface area contributed by atoms with Crippen molar-refractivity contribution in [3.63, 3.8) is 0 Å². The zero-order valence-corrected chi connectivity index (χ0v) is 10.8. The lowest BCUT2D eigenvalue weighted by atomic mass is 10.1. The van der Waals surface area contributed by atoms with Gasteiger partial charge in [-0.1, -0.05) is 31.9 Å². The van der Waals surface area contributed by atoms with Gasteiger partial charge >= 0.3 is 0 Å². The van der Waals surface area contributed by atoms with Crippen molar-refractivity contribution in [1.82, 2.24) is 10.7 Å². The van der Waals surface area contributed by atoms with Gasteiger partial charge in [-0.3, -0.25) is 4.79 Å². The fourth-order valence-electron chi connectivity index (χ4n) is 0.923. The molecular weight excluding hydrogens is 322 g/mol. The quantitative estimate of drug-likeness (QED) is 0.287. The SMILES string of the molecule is C[C@]1(C(=O)NC(=S)NN)CC1(Br)Br. The van der Waals surface area contributed by atoms with Crippen LogP contribution >= 0.6 is 44.1 Å². The van der Waals surface area contributed by atoms with Crippen LogP contribution in [0, 0.1) is 5.41 Å². The Bertz CT molecular complexity index is 271. The van der Waals surface area contributed by atoms with E-state index in [0.717, 1.165) is 6.42 Å². The van der Waals surface area contributed by atoms with E-state index in [2.05, 4.69) is 42.6 Å². The summed E-state index contributed by atoms with van der Waals surface area (Å²) in [4.78, 5) is 11.6. The average Bonchev–Trinajstić information content (AvgIpc) is 2.52. The van der Waals surface area contributed by atoms with E-state index in [9.17, 15) is 4.79 Å². The van der Waals surface area contributed by atoms with Crippen LogP contribution in [0.4, 0.5) is 0 Å². The van der Waals surface area contributed by atoms with Crippen LogP contribution in [-0.4, -0.2) is 14.3 Å². The Morgan fingerprint density at radius 3 is 2.38 bits per heavy atom. The molecule has 1 rings (SSSR count). The fraction of sp³-hybridized carbons (Fsp3) is 0.667. The first kappa shape index (κ1) is 11.4. The number of alkyl halides is 2. The second kappa shape index (κ2) is 3.45. The van der Waals surface area contributed by atoms with Crippen molar-refractivity contribution < 1.29 is 4.79 Å². The third kappa shape index (κ3) is 2.03. The Hall–Kier alpha value is 0.280. The maximum Gasteiger partial charge on any atom is 0.234 e. The van der Waals surface area contributed by atoms with Gasteiger partial charge in [0.25, 0.3) is 0 Å². The smallest absolute Gasteiger partial charge is 0.234 e. The summed E-state index contributed by atoms with van der Waals surface area (Å²) >= 11 is 11.5. The van der Waals surface area contributed by atoms with E-state index >= 15 is 0 Å². The number of hydrogen-bond acceptors (Lipinski definition) is 3. The molecule has 0 heterocycles. The van der Waals surface area contributed by atoms with Gasteiger partial charge in [0.1, 0.15) is 0 Å². The third-order valence-electron chi connectivity index (χ3n) is 2.12. The molecule has 74 valence electrons. The molecule has 0 aliphatic heterocycles. The molecule has 0 spiro atoms. The van der Waals surface area contributed by atoms with Crippen molar-refractivity contribution in [2.45, 2.75) is 16.6 Å². The molecule has 0 radical (unpaired) electrons. The Kier molecular flexibility index (Phi) is 3.01. The molecule has 0 aromatic rings. The Morgan fingerprint density at radius 2 is 2.08 bits per heavy atom. The van der Waals surface area contributed by atoms with Gasteiger partial charge in [0.05, 0.1) is 8.65 Å². The Balaban J connectivity index is 2.56. The molecule has 7 heteroatoms. The van der Waals surface area contributed by atoms with Gasteiger partial charge < -0.3 is 10.7 Å². The molecular formula is C6H9Br2N3OS. The van der Waals surface area contributed by atoms with Crippen LogP contribution in [0.5, 0.6) is 0 Å². The van der Waals surface area contributed by atoms with Crippen LogP contribution in [0.1, 0.15) is 13.3 Å². The van der Waals surface area contributed by atoms with E-state index in [1.165, 1.54) is 0 Å². The highest BCUT2D eigenvalue weighted by atomic mass is 79.9. The van der Waals surface area contributed by atoms with E-state index in [-0.39, 0.29) is 14.3 Å². The lowest BCUT2D eigenvalue weighted by Gasteiger charge is -2.12. The van der Waals surface area contributed by atoms with E-state index in [1.54, 1.807) is 0 Å². The van der Waals surface area contributed by atoms with Gasteiger partial charge in [-0.25, -0.2) is 5.84 Å². The zero-order chi connectivity index (χ0) is 10.3. The first-order valence-electron chi connectivity index (χ1n) is 3.53. The van der Waals surface area contributed by atoms with E-state index in [0.29, 0.717) is 0 Å². The lowest BCUT2D eigenvalue weighted by molar-refractivity contribution is -0.124. The highest BCUT2D eigenvalue weighted by Crippen LogP contribution is 2.66. The van der Waals surface area contributed by atoms with Crippen LogP contribution in [0.3, 0.4) is 0 Å².